The van der Waals surface area contributed by atoms with Gasteiger partial charge in [-0.3, -0.25) is 4.90 Å². The van der Waals surface area contributed by atoms with Gasteiger partial charge in [-0.15, -0.1) is 0 Å². The van der Waals surface area contributed by atoms with Crippen LogP contribution in [0, 0.1) is 0 Å². The van der Waals surface area contributed by atoms with Gasteiger partial charge in [0.15, 0.2) is 0 Å². The van der Waals surface area contributed by atoms with E-state index >= 15 is 0 Å². The van der Waals surface area contributed by atoms with Crippen LogP contribution in [0.25, 0.3) is 0 Å². The van der Waals surface area contributed by atoms with Crippen molar-refractivity contribution in [2.45, 2.75) is 38.5 Å². The monoisotopic (exact) mass is 265 g/mol. The molecule has 0 saturated carbocycles. The van der Waals surface area contributed by atoms with E-state index in [0.717, 1.165) is 6.54 Å². The lowest BCUT2D eigenvalue weighted by molar-refractivity contribution is -0.0949. The Hall–Kier alpha value is -0.170. The van der Waals surface area contributed by atoms with Crippen LogP contribution in [0.5, 0.6) is 0 Å². The van der Waals surface area contributed by atoms with E-state index in [1.165, 1.54) is 6.26 Å². The molecule has 0 bridgehead atoms. The molecule has 1 heterocycles. The number of hydrogen-bond acceptors (Lipinski definition) is 5. The van der Waals surface area contributed by atoms with Crippen molar-refractivity contribution in [2.24, 2.45) is 0 Å². The lowest BCUT2D eigenvalue weighted by Gasteiger charge is -2.37. The Bertz CT molecular complexity index is 328. The second kappa shape index (κ2) is 6.13. The first kappa shape index (κ1) is 14.9. The number of aliphatic hydroxyl groups is 1. The Morgan fingerprint density at radius 1 is 1.47 bits per heavy atom. The van der Waals surface area contributed by atoms with Crippen molar-refractivity contribution < 1.29 is 18.3 Å². The number of hydrogen-bond donors (Lipinski definition) is 1. The van der Waals surface area contributed by atoms with Gasteiger partial charge in [0.1, 0.15) is 9.84 Å². The van der Waals surface area contributed by atoms with Crippen molar-refractivity contribution in [1.82, 2.24) is 4.90 Å². The number of morpholine rings is 1. The van der Waals surface area contributed by atoms with Gasteiger partial charge in [-0.2, -0.15) is 0 Å². The maximum atomic E-state index is 11.0. The quantitative estimate of drug-likeness (QED) is 0.751. The predicted molar refractivity (Wildman–Crippen MR) is 66.8 cm³/mol. The largest absolute Gasteiger partial charge is 0.390 e. The first-order valence-corrected chi connectivity index (χ1v) is 8.07. The molecule has 0 spiro atoms. The molecule has 2 unspecified atom stereocenters. The fraction of sp³-hybridized carbons (Fsp3) is 1.00. The van der Waals surface area contributed by atoms with E-state index in [9.17, 15) is 13.5 Å². The maximum Gasteiger partial charge on any atom is 0.147 e. The second-order valence-electron chi connectivity index (χ2n) is 4.98. The van der Waals surface area contributed by atoms with Crippen molar-refractivity contribution in [3.63, 3.8) is 0 Å². The Balaban J connectivity index is 2.43. The number of rotatable bonds is 5. The molecule has 1 saturated heterocycles. The number of nitrogens with zero attached hydrogens (tertiary/aromatic N) is 1. The molecule has 0 amide bonds. The minimum absolute atomic E-state index is 0.00963. The van der Waals surface area contributed by atoms with Gasteiger partial charge < -0.3 is 9.84 Å². The molecule has 1 aliphatic heterocycles. The molecule has 102 valence electrons. The van der Waals surface area contributed by atoms with Gasteiger partial charge in [0.05, 0.1) is 24.6 Å². The van der Waals surface area contributed by atoms with Gasteiger partial charge in [0, 0.05) is 25.4 Å². The molecule has 1 rings (SSSR count). The lowest BCUT2D eigenvalue weighted by Crippen LogP contribution is -2.50. The summed E-state index contributed by atoms with van der Waals surface area (Å²) in [5.41, 5.74) is 0. The van der Waals surface area contributed by atoms with Crippen LogP contribution in [0.15, 0.2) is 0 Å². The third kappa shape index (κ3) is 5.33. The fourth-order valence-electron chi connectivity index (χ4n) is 1.92. The van der Waals surface area contributed by atoms with E-state index < -0.39 is 15.9 Å². The van der Waals surface area contributed by atoms with Crippen molar-refractivity contribution in [2.75, 3.05) is 31.7 Å². The highest BCUT2D eigenvalue weighted by Crippen LogP contribution is 2.14. The standard InChI is InChI=1S/C11H23NO4S/c1-9(2)12-5-6-16-11(8-12)10(13)4-7-17(3,14)15/h9-11,13H,4-8H2,1-3H3. The lowest BCUT2D eigenvalue weighted by atomic mass is 10.1. The molecular formula is C11H23NO4S. The van der Waals surface area contributed by atoms with E-state index in [1.807, 2.05) is 0 Å². The summed E-state index contributed by atoms with van der Waals surface area (Å²) in [7, 11) is -3.02. The summed E-state index contributed by atoms with van der Waals surface area (Å²) in [6, 6.07) is 0.420. The van der Waals surface area contributed by atoms with Crippen LogP contribution >= 0.6 is 0 Å². The van der Waals surface area contributed by atoms with Crippen LogP contribution in [0.1, 0.15) is 20.3 Å². The van der Waals surface area contributed by atoms with Crippen molar-refractivity contribution in [3.05, 3.63) is 0 Å². The SMILES string of the molecule is CC(C)N1CCOC(C(O)CCS(C)(=O)=O)C1. The molecule has 1 aliphatic rings. The average molecular weight is 265 g/mol. The highest BCUT2D eigenvalue weighted by atomic mass is 32.2. The topological polar surface area (TPSA) is 66.8 Å². The molecule has 1 fully saturated rings. The summed E-state index contributed by atoms with van der Waals surface area (Å²) in [4.78, 5) is 2.23. The van der Waals surface area contributed by atoms with Crippen LogP contribution in [0.3, 0.4) is 0 Å². The molecule has 1 N–H and O–H groups in total. The van der Waals surface area contributed by atoms with Crippen LogP contribution in [-0.2, 0) is 14.6 Å². The molecule has 2 atom stereocenters. The minimum Gasteiger partial charge on any atom is -0.390 e. The molecular weight excluding hydrogens is 242 g/mol. The van der Waals surface area contributed by atoms with Gasteiger partial charge in [0.25, 0.3) is 0 Å². The van der Waals surface area contributed by atoms with Crippen LogP contribution in [0.4, 0.5) is 0 Å². The van der Waals surface area contributed by atoms with Gasteiger partial charge >= 0.3 is 0 Å². The first-order valence-electron chi connectivity index (χ1n) is 6.01. The second-order valence-corrected chi connectivity index (χ2v) is 7.24. The normalized spacial score (nSPS) is 25.1. The Morgan fingerprint density at radius 3 is 2.65 bits per heavy atom. The smallest absolute Gasteiger partial charge is 0.147 e. The Kier molecular flexibility index (Phi) is 5.37. The highest BCUT2D eigenvalue weighted by Gasteiger charge is 2.28. The third-order valence-corrected chi connectivity index (χ3v) is 4.05. The van der Waals surface area contributed by atoms with E-state index in [4.69, 9.17) is 4.74 Å². The zero-order valence-corrected chi connectivity index (χ0v) is 11.6. The molecule has 0 aromatic rings. The van der Waals surface area contributed by atoms with E-state index in [-0.39, 0.29) is 18.3 Å². The molecule has 0 aromatic carbocycles. The number of ether oxygens (including phenoxy) is 1. The Morgan fingerprint density at radius 2 is 2.12 bits per heavy atom. The van der Waals surface area contributed by atoms with E-state index in [1.54, 1.807) is 0 Å². The number of aliphatic hydroxyl groups excluding tert-OH is 1. The van der Waals surface area contributed by atoms with Crippen LogP contribution in [0.2, 0.25) is 0 Å². The zero-order valence-electron chi connectivity index (χ0n) is 10.8. The van der Waals surface area contributed by atoms with Gasteiger partial charge in [-0.05, 0) is 20.3 Å². The molecule has 0 aliphatic carbocycles. The van der Waals surface area contributed by atoms with Crippen molar-refractivity contribution in [3.8, 4) is 0 Å². The molecule has 17 heavy (non-hydrogen) atoms. The summed E-state index contributed by atoms with van der Waals surface area (Å²) >= 11 is 0. The molecule has 0 radical (unpaired) electrons. The molecule has 5 nitrogen and oxygen atoms in total. The maximum absolute atomic E-state index is 11.0. The summed E-state index contributed by atoms with van der Waals surface area (Å²) in [6.45, 7) is 6.34. The summed E-state index contributed by atoms with van der Waals surface area (Å²) in [6.07, 6.45) is 0.455. The van der Waals surface area contributed by atoms with E-state index in [2.05, 4.69) is 18.7 Å². The van der Waals surface area contributed by atoms with Gasteiger partial charge in [-0.1, -0.05) is 0 Å². The minimum atomic E-state index is -3.02. The summed E-state index contributed by atoms with van der Waals surface area (Å²) < 4.78 is 27.6. The van der Waals surface area contributed by atoms with E-state index in [0.29, 0.717) is 19.2 Å². The predicted octanol–water partition coefficient (Wildman–Crippen LogP) is -0.109. The summed E-state index contributed by atoms with van der Waals surface area (Å²) in [5.74, 6) is 0.00963. The number of sulfone groups is 1. The molecule has 6 heteroatoms. The van der Waals surface area contributed by atoms with Crippen LogP contribution < -0.4 is 0 Å². The average Bonchev–Trinajstić information content (AvgIpc) is 2.25. The third-order valence-electron chi connectivity index (χ3n) is 3.07. The Labute approximate surface area is 104 Å². The van der Waals surface area contributed by atoms with Gasteiger partial charge in [-0.25, -0.2) is 8.42 Å². The van der Waals surface area contributed by atoms with Crippen molar-refractivity contribution in [1.29, 1.82) is 0 Å². The molecule has 0 aromatic heterocycles. The zero-order chi connectivity index (χ0) is 13.1. The van der Waals surface area contributed by atoms with Crippen LogP contribution in [-0.4, -0.2) is 68.4 Å². The van der Waals surface area contributed by atoms with Crippen molar-refractivity contribution >= 4 is 9.84 Å². The van der Waals surface area contributed by atoms with Gasteiger partial charge in [0.2, 0.25) is 0 Å². The first-order chi connectivity index (χ1) is 7.79. The summed E-state index contributed by atoms with van der Waals surface area (Å²) in [5, 5.41) is 9.92. The highest BCUT2D eigenvalue weighted by molar-refractivity contribution is 7.90. The fourth-order valence-corrected chi connectivity index (χ4v) is 2.59.